The number of rotatable bonds is 8. The van der Waals surface area contributed by atoms with Crippen LogP contribution in [0.5, 0.6) is 0 Å². The molecule has 0 N–H and O–H groups in total. The van der Waals surface area contributed by atoms with Gasteiger partial charge in [-0.25, -0.2) is 0 Å². The number of nitrogens with zero attached hydrogens (tertiary/aromatic N) is 2. The molecule has 0 aromatic carbocycles. The first-order chi connectivity index (χ1) is 10.00. The summed E-state index contributed by atoms with van der Waals surface area (Å²) in [6, 6.07) is 2.97. The van der Waals surface area contributed by atoms with E-state index in [2.05, 4.69) is 38.7 Å². The summed E-state index contributed by atoms with van der Waals surface area (Å²) in [7, 11) is 0. The van der Waals surface area contributed by atoms with Crippen LogP contribution in [0.2, 0.25) is 0 Å². The van der Waals surface area contributed by atoms with Crippen LogP contribution in [-0.4, -0.2) is 37.2 Å². The maximum Gasteiger partial charge on any atom is 0.0672 e. The monoisotopic (exact) mass is 294 g/mol. The van der Waals surface area contributed by atoms with Gasteiger partial charge in [0.1, 0.15) is 0 Å². The molecular weight excluding hydrogens is 260 g/mol. The quantitative estimate of drug-likeness (QED) is 0.633. The molecule has 1 rings (SSSR count). The highest BCUT2D eigenvalue weighted by Gasteiger charge is 2.39. The molecule has 0 radical (unpaired) electrons. The van der Waals surface area contributed by atoms with Crippen LogP contribution >= 0.6 is 0 Å². The van der Waals surface area contributed by atoms with E-state index in [4.69, 9.17) is 4.74 Å². The summed E-state index contributed by atoms with van der Waals surface area (Å²) in [5, 5.41) is 9.52. The number of likely N-dealkylation sites (N-methyl/N-ethyl adjacent to an activating group) is 1. The van der Waals surface area contributed by atoms with E-state index >= 15 is 0 Å². The zero-order valence-electron chi connectivity index (χ0n) is 14.7. The lowest BCUT2D eigenvalue weighted by atomic mass is 9.66. The second kappa shape index (κ2) is 8.76. The van der Waals surface area contributed by atoms with Gasteiger partial charge < -0.3 is 4.74 Å². The molecule has 3 atom stereocenters. The normalized spacial score (nSPS) is 26.8. The van der Waals surface area contributed by atoms with Crippen molar-refractivity contribution in [1.29, 1.82) is 5.26 Å². The van der Waals surface area contributed by atoms with Crippen molar-refractivity contribution in [2.45, 2.75) is 66.3 Å². The van der Waals surface area contributed by atoms with E-state index in [0.29, 0.717) is 11.5 Å². The molecule has 1 fully saturated rings. The van der Waals surface area contributed by atoms with Crippen LogP contribution < -0.4 is 0 Å². The number of hydrogen-bond donors (Lipinski definition) is 0. The first-order valence-electron chi connectivity index (χ1n) is 8.71. The van der Waals surface area contributed by atoms with Crippen LogP contribution in [0.4, 0.5) is 0 Å². The molecule has 3 heteroatoms. The molecule has 0 spiro atoms. The summed E-state index contributed by atoms with van der Waals surface area (Å²) in [5.74, 6) is 0.925. The smallest absolute Gasteiger partial charge is 0.0672 e. The van der Waals surface area contributed by atoms with Crippen molar-refractivity contribution in [3.63, 3.8) is 0 Å². The van der Waals surface area contributed by atoms with Gasteiger partial charge in [0.05, 0.1) is 18.6 Å². The van der Waals surface area contributed by atoms with Crippen LogP contribution in [-0.2, 0) is 4.74 Å². The lowest BCUT2D eigenvalue weighted by molar-refractivity contribution is 0.0342. The zero-order valence-corrected chi connectivity index (χ0v) is 14.7. The summed E-state index contributed by atoms with van der Waals surface area (Å²) < 4.78 is 5.52. The molecule has 0 saturated heterocycles. The second-order valence-corrected chi connectivity index (χ2v) is 6.98. The fourth-order valence-corrected chi connectivity index (χ4v) is 3.58. The van der Waals surface area contributed by atoms with Crippen molar-refractivity contribution in [2.24, 2.45) is 17.3 Å². The van der Waals surface area contributed by atoms with E-state index in [9.17, 15) is 5.26 Å². The van der Waals surface area contributed by atoms with E-state index in [-0.39, 0.29) is 5.92 Å². The van der Waals surface area contributed by atoms with E-state index in [0.717, 1.165) is 38.6 Å². The SMILES string of the molecule is CCOCCN(CC)C1CC(C(C)(C)CC)CCC1C#N. The predicted octanol–water partition coefficient (Wildman–Crippen LogP) is 4.09. The molecule has 0 heterocycles. The van der Waals surface area contributed by atoms with Gasteiger partial charge in [-0.05, 0) is 44.1 Å². The predicted molar refractivity (Wildman–Crippen MR) is 88.0 cm³/mol. The lowest BCUT2D eigenvalue weighted by Crippen LogP contribution is -2.47. The van der Waals surface area contributed by atoms with Crippen molar-refractivity contribution in [3.05, 3.63) is 0 Å². The summed E-state index contributed by atoms with van der Waals surface area (Å²) >= 11 is 0. The van der Waals surface area contributed by atoms with Crippen molar-refractivity contribution >= 4 is 0 Å². The Balaban J connectivity index is 2.75. The number of hydrogen-bond acceptors (Lipinski definition) is 3. The minimum absolute atomic E-state index is 0.190. The molecule has 1 aliphatic carbocycles. The van der Waals surface area contributed by atoms with Gasteiger partial charge in [0.25, 0.3) is 0 Å². The first kappa shape index (κ1) is 18.5. The topological polar surface area (TPSA) is 36.3 Å². The van der Waals surface area contributed by atoms with Gasteiger partial charge in [-0.3, -0.25) is 4.90 Å². The molecule has 122 valence electrons. The van der Waals surface area contributed by atoms with Crippen LogP contribution in [0.3, 0.4) is 0 Å². The number of nitriles is 1. The molecule has 3 nitrogen and oxygen atoms in total. The van der Waals surface area contributed by atoms with Gasteiger partial charge in [-0.15, -0.1) is 0 Å². The summed E-state index contributed by atoms with van der Waals surface area (Å²) in [6.45, 7) is 14.8. The van der Waals surface area contributed by atoms with Crippen LogP contribution in [0.25, 0.3) is 0 Å². The van der Waals surface area contributed by atoms with Crippen LogP contribution in [0, 0.1) is 28.6 Å². The maximum absolute atomic E-state index is 9.52. The summed E-state index contributed by atoms with van der Waals surface area (Å²) in [5.41, 5.74) is 0.387. The van der Waals surface area contributed by atoms with Crippen LogP contribution in [0.15, 0.2) is 0 Å². The molecule has 0 amide bonds. The van der Waals surface area contributed by atoms with Crippen LogP contribution in [0.1, 0.15) is 60.3 Å². The van der Waals surface area contributed by atoms with Gasteiger partial charge in [0.15, 0.2) is 0 Å². The Morgan fingerprint density at radius 1 is 1.24 bits per heavy atom. The van der Waals surface area contributed by atoms with Crippen molar-refractivity contribution in [1.82, 2.24) is 4.90 Å². The van der Waals surface area contributed by atoms with Gasteiger partial charge in [-0.2, -0.15) is 5.26 Å². The minimum Gasteiger partial charge on any atom is -0.380 e. The Morgan fingerprint density at radius 3 is 2.48 bits per heavy atom. The average Bonchev–Trinajstić information content (AvgIpc) is 2.51. The molecule has 0 aromatic rings. The minimum atomic E-state index is 0.190. The van der Waals surface area contributed by atoms with Crippen molar-refractivity contribution in [2.75, 3.05) is 26.3 Å². The van der Waals surface area contributed by atoms with Gasteiger partial charge in [-0.1, -0.05) is 34.1 Å². The van der Waals surface area contributed by atoms with Gasteiger partial charge in [0.2, 0.25) is 0 Å². The molecule has 0 aromatic heterocycles. The molecule has 21 heavy (non-hydrogen) atoms. The number of ether oxygens (including phenoxy) is 1. The lowest BCUT2D eigenvalue weighted by Gasteiger charge is -2.45. The Kier molecular flexibility index (Phi) is 7.70. The molecular formula is C18H34N2O. The molecule has 0 aliphatic heterocycles. The molecule has 1 saturated carbocycles. The Labute approximate surface area is 131 Å². The van der Waals surface area contributed by atoms with E-state index in [1.807, 2.05) is 6.92 Å². The largest absolute Gasteiger partial charge is 0.380 e. The highest BCUT2D eigenvalue weighted by atomic mass is 16.5. The Bertz CT molecular complexity index is 335. The zero-order chi connectivity index (χ0) is 15.9. The van der Waals surface area contributed by atoms with Crippen molar-refractivity contribution in [3.8, 4) is 6.07 Å². The maximum atomic E-state index is 9.52. The Hall–Kier alpha value is -0.590. The fraction of sp³-hybridized carbons (Fsp3) is 0.944. The first-order valence-corrected chi connectivity index (χ1v) is 8.71. The average molecular weight is 294 g/mol. The highest BCUT2D eigenvalue weighted by Crippen LogP contribution is 2.43. The molecule has 3 unspecified atom stereocenters. The third-order valence-corrected chi connectivity index (χ3v) is 5.60. The Morgan fingerprint density at radius 2 is 1.95 bits per heavy atom. The third-order valence-electron chi connectivity index (χ3n) is 5.60. The van der Waals surface area contributed by atoms with E-state index in [1.54, 1.807) is 0 Å². The highest BCUT2D eigenvalue weighted by molar-refractivity contribution is 4.99. The molecule has 0 bridgehead atoms. The standard InChI is InChI=1S/C18H34N2O/c1-6-18(4,5)16-10-9-15(14-19)17(13-16)20(7-2)11-12-21-8-3/h15-17H,6-13H2,1-5H3. The van der Waals surface area contributed by atoms with E-state index in [1.165, 1.54) is 19.3 Å². The molecule has 1 aliphatic rings. The second-order valence-electron chi connectivity index (χ2n) is 6.98. The van der Waals surface area contributed by atoms with Gasteiger partial charge in [0, 0.05) is 19.2 Å². The third kappa shape index (κ3) is 4.97. The summed E-state index contributed by atoms with van der Waals surface area (Å²) in [4.78, 5) is 2.47. The van der Waals surface area contributed by atoms with Crippen molar-refractivity contribution < 1.29 is 4.74 Å². The fourth-order valence-electron chi connectivity index (χ4n) is 3.58. The van der Waals surface area contributed by atoms with Gasteiger partial charge >= 0.3 is 0 Å². The van der Waals surface area contributed by atoms with E-state index < -0.39 is 0 Å². The summed E-state index contributed by atoms with van der Waals surface area (Å²) in [6.07, 6.45) is 4.64.